The van der Waals surface area contributed by atoms with Gasteiger partial charge in [-0.25, -0.2) is 9.78 Å². The van der Waals surface area contributed by atoms with Gasteiger partial charge in [-0.15, -0.1) is 0 Å². The lowest BCUT2D eigenvalue weighted by Crippen LogP contribution is -2.32. The maximum Gasteiger partial charge on any atom is 0.329 e. The molecule has 3 aromatic heterocycles. The van der Waals surface area contributed by atoms with Crippen molar-refractivity contribution in [2.24, 2.45) is 7.05 Å². The van der Waals surface area contributed by atoms with Gasteiger partial charge >= 0.3 is 5.69 Å². The summed E-state index contributed by atoms with van der Waals surface area (Å²) in [6.45, 7) is 2.44. The molecule has 31 heavy (non-hydrogen) atoms. The van der Waals surface area contributed by atoms with E-state index in [4.69, 9.17) is 9.40 Å². The molecule has 1 N–H and O–H groups in total. The van der Waals surface area contributed by atoms with Gasteiger partial charge in [0.25, 0.3) is 10.8 Å². The second-order valence-electron chi connectivity index (χ2n) is 7.75. The molecule has 0 aliphatic carbocycles. The van der Waals surface area contributed by atoms with Gasteiger partial charge < -0.3 is 13.9 Å². The van der Waals surface area contributed by atoms with Crippen LogP contribution in [0.1, 0.15) is 25.7 Å². The van der Waals surface area contributed by atoms with Crippen molar-refractivity contribution >= 4 is 40.0 Å². The molecule has 1 saturated heterocycles. The van der Waals surface area contributed by atoms with Gasteiger partial charge in [0.15, 0.2) is 16.7 Å². The number of oxazole rings is 1. The third-order valence-electron chi connectivity index (χ3n) is 5.65. The summed E-state index contributed by atoms with van der Waals surface area (Å²) < 4.78 is 9.15. The zero-order chi connectivity index (χ0) is 21.4. The number of fused-ring (bicyclic) bond motifs is 2. The lowest BCUT2D eigenvalue weighted by Gasteiger charge is -2.28. The van der Waals surface area contributed by atoms with Gasteiger partial charge in [0.2, 0.25) is 5.95 Å². The molecule has 0 amide bonds. The van der Waals surface area contributed by atoms with Gasteiger partial charge in [0.05, 0.1) is 0 Å². The fourth-order valence-corrected chi connectivity index (χ4v) is 4.82. The molecule has 1 aliphatic heterocycles. The Balaban J connectivity index is 1.40. The van der Waals surface area contributed by atoms with E-state index in [0.717, 1.165) is 55.2 Å². The number of benzene rings is 1. The second kappa shape index (κ2) is 8.26. The molecule has 5 rings (SSSR count). The van der Waals surface area contributed by atoms with Crippen LogP contribution in [0.3, 0.4) is 0 Å². The number of nitrogens with one attached hydrogen (secondary N) is 1. The first-order valence-electron chi connectivity index (χ1n) is 10.5. The van der Waals surface area contributed by atoms with E-state index in [1.807, 2.05) is 28.8 Å². The van der Waals surface area contributed by atoms with E-state index in [2.05, 4.69) is 14.9 Å². The number of nitrogens with zero attached hydrogens (tertiary/aromatic N) is 5. The van der Waals surface area contributed by atoms with Gasteiger partial charge in [-0.05, 0) is 37.8 Å². The average molecular weight is 441 g/mol. The maximum absolute atomic E-state index is 12.6. The Hall–Kier alpha value is -3.01. The maximum atomic E-state index is 12.6. The van der Waals surface area contributed by atoms with Crippen molar-refractivity contribution in [3.63, 3.8) is 0 Å². The Morgan fingerprint density at radius 1 is 1.13 bits per heavy atom. The van der Waals surface area contributed by atoms with Gasteiger partial charge in [-0.1, -0.05) is 23.9 Å². The number of anilines is 1. The van der Waals surface area contributed by atoms with Crippen molar-refractivity contribution in [1.29, 1.82) is 0 Å². The molecule has 0 radical (unpaired) electrons. The standard InChI is InChI=1S/C21H24N6O3S/c1-25-17-16(18(28)24-20(25)29)27(19(23-17)26-10-5-2-6-11-26)12-7-13-31-21-22-14-8-3-4-9-15(14)30-21/h3-4,8-9H,2,5-7,10-13H2,1H3,(H,24,28,29). The van der Waals surface area contributed by atoms with Crippen LogP contribution in [0.5, 0.6) is 0 Å². The molecule has 0 unspecified atom stereocenters. The van der Waals surface area contributed by atoms with Crippen molar-refractivity contribution in [3.05, 3.63) is 45.1 Å². The molecule has 0 bridgehead atoms. The molecule has 0 atom stereocenters. The predicted octanol–water partition coefficient (Wildman–Crippen LogP) is 2.74. The average Bonchev–Trinajstić information content (AvgIpc) is 3.37. The van der Waals surface area contributed by atoms with Crippen LogP contribution in [-0.4, -0.2) is 42.9 Å². The number of para-hydroxylation sites is 2. The van der Waals surface area contributed by atoms with E-state index in [-0.39, 0.29) is 5.56 Å². The first-order chi connectivity index (χ1) is 15.1. The SMILES string of the molecule is Cn1c(=O)[nH]c(=O)c2c1nc(N1CCCCC1)n2CCCSc1nc2ccccc2o1. The molecular weight excluding hydrogens is 416 g/mol. The molecule has 162 valence electrons. The summed E-state index contributed by atoms with van der Waals surface area (Å²) in [6.07, 6.45) is 4.22. The van der Waals surface area contributed by atoms with Crippen molar-refractivity contribution in [3.8, 4) is 0 Å². The van der Waals surface area contributed by atoms with Crippen molar-refractivity contribution < 1.29 is 4.42 Å². The van der Waals surface area contributed by atoms with Crippen LogP contribution in [0.25, 0.3) is 22.3 Å². The Morgan fingerprint density at radius 2 is 1.94 bits per heavy atom. The largest absolute Gasteiger partial charge is 0.431 e. The van der Waals surface area contributed by atoms with E-state index < -0.39 is 5.69 Å². The zero-order valence-corrected chi connectivity index (χ0v) is 18.2. The van der Waals surface area contributed by atoms with Crippen LogP contribution < -0.4 is 16.1 Å². The highest BCUT2D eigenvalue weighted by molar-refractivity contribution is 7.99. The van der Waals surface area contributed by atoms with Crippen molar-refractivity contribution in [2.75, 3.05) is 23.7 Å². The van der Waals surface area contributed by atoms with Gasteiger partial charge in [0, 0.05) is 32.4 Å². The number of piperidine rings is 1. The quantitative estimate of drug-likeness (QED) is 0.363. The highest BCUT2D eigenvalue weighted by Crippen LogP contribution is 2.26. The summed E-state index contributed by atoms with van der Waals surface area (Å²) in [5, 5.41) is 0.646. The van der Waals surface area contributed by atoms with Crippen molar-refractivity contribution in [2.45, 2.75) is 37.5 Å². The van der Waals surface area contributed by atoms with Crippen LogP contribution in [0.2, 0.25) is 0 Å². The molecule has 0 saturated carbocycles. The van der Waals surface area contributed by atoms with Crippen LogP contribution >= 0.6 is 11.8 Å². The highest BCUT2D eigenvalue weighted by Gasteiger charge is 2.22. The molecule has 10 heteroatoms. The van der Waals surface area contributed by atoms with Gasteiger partial charge in [-0.3, -0.25) is 14.3 Å². The number of aromatic nitrogens is 5. The number of aromatic amines is 1. The van der Waals surface area contributed by atoms with Gasteiger partial charge in [0.1, 0.15) is 5.52 Å². The fraction of sp³-hybridized carbons (Fsp3) is 0.429. The summed E-state index contributed by atoms with van der Waals surface area (Å²) >= 11 is 1.56. The Kier molecular flexibility index (Phi) is 5.31. The molecule has 1 fully saturated rings. The van der Waals surface area contributed by atoms with Crippen LogP contribution in [0.4, 0.5) is 5.95 Å². The predicted molar refractivity (Wildman–Crippen MR) is 121 cm³/mol. The van der Waals surface area contributed by atoms with Crippen LogP contribution in [0.15, 0.2) is 43.5 Å². The monoisotopic (exact) mass is 440 g/mol. The topological polar surface area (TPSA) is 102 Å². The summed E-state index contributed by atoms with van der Waals surface area (Å²) in [4.78, 5) is 38.6. The molecule has 0 spiro atoms. The van der Waals surface area contributed by atoms with E-state index in [0.29, 0.717) is 22.9 Å². The van der Waals surface area contributed by atoms with E-state index in [1.165, 1.54) is 11.0 Å². The summed E-state index contributed by atoms with van der Waals surface area (Å²) in [7, 11) is 1.64. The molecule has 9 nitrogen and oxygen atoms in total. The number of thioether (sulfide) groups is 1. The van der Waals surface area contributed by atoms with Gasteiger partial charge in [-0.2, -0.15) is 4.98 Å². The normalized spacial score (nSPS) is 14.7. The summed E-state index contributed by atoms with van der Waals surface area (Å²) in [6, 6.07) is 7.71. The lowest BCUT2D eigenvalue weighted by atomic mass is 10.1. The number of hydrogen-bond acceptors (Lipinski definition) is 7. The van der Waals surface area contributed by atoms with E-state index >= 15 is 0 Å². The second-order valence-corrected chi connectivity index (χ2v) is 8.80. The molecular formula is C21H24N6O3S. The van der Waals surface area contributed by atoms with Crippen molar-refractivity contribution in [1.82, 2.24) is 24.1 Å². The number of imidazole rings is 1. The minimum atomic E-state index is -0.446. The summed E-state index contributed by atoms with van der Waals surface area (Å²) in [5.41, 5.74) is 1.69. The number of hydrogen-bond donors (Lipinski definition) is 1. The third-order valence-corrected chi connectivity index (χ3v) is 6.57. The minimum absolute atomic E-state index is 0.388. The Morgan fingerprint density at radius 3 is 2.74 bits per heavy atom. The van der Waals surface area contributed by atoms with Crippen LogP contribution in [-0.2, 0) is 13.6 Å². The van der Waals surface area contributed by atoms with Crippen LogP contribution in [0, 0.1) is 0 Å². The minimum Gasteiger partial charge on any atom is -0.431 e. The number of H-pyrrole nitrogens is 1. The number of aryl methyl sites for hydroxylation is 2. The highest BCUT2D eigenvalue weighted by atomic mass is 32.2. The van der Waals surface area contributed by atoms with E-state index in [1.54, 1.807) is 18.8 Å². The molecule has 4 aromatic rings. The number of rotatable bonds is 6. The Labute approximate surface area is 182 Å². The molecule has 4 heterocycles. The van der Waals surface area contributed by atoms with E-state index in [9.17, 15) is 9.59 Å². The molecule has 1 aromatic carbocycles. The smallest absolute Gasteiger partial charge is 0.329 e. The fourth-order valence-electron chi connectivity index (χ4n) is 4.07. The summed E-state index contributed by atoms with van der Waals surface area (Å²) in [5.74, 6) is 1.56. The zero-order valence-electron chi connectivity index (χ0n) is 17.3. The third kappa shape index (κ3) is 3.76. The first kappa shape index (κ1) is 19.9. The lowest BCUT2D eigenvalue weighted by molar-refractivity contribution is 0.489. The first-order valence-corrected chi connectivity index (χ1v) is 11.5. The molecule has 1 aliphatic rings. The Bertz CT molecular complexity index is 1310.